The molecule has 0 aliphatic heterocycles. The van der Waals surface area contributed by atoms with E-state index in [1.54, 1.807) is 12.1 Å². The quantitative estimate of drug-likeness (QED) is 0.819. The zero-order chi connectivity index (χ0) is 15.2. The molecule has 4 nitrogen and oxygen atoms in total. The van der Waals surface area contributed by atoms with Crippen molar-refractivity contribution < 1.29 is 22.6 Å². The Bertz CT molecular complexity index is 400. The number of ether oxygens (including phenoxy) is 2. The Kier molecular flexibility index (Phi) is 5.76. The van der Waals surface area contributed by atoms with E-state index in [0.29, 0.717) is 12.3 Å². The third-order valence-corrected chi connectivity index (χ3v) is 2.22. The van der Waals surface area contributed by atoms with E-state index < -0.39 is 13.0 Å². The molecule has 0 fully saturated rings. The topological polar surface area (TPSA) is 43.4 Å². The molecule has 1 aromatic heterocycles. The SMILES string of the molecule is CC(C)(C)NCc1ccc(OCCOC(F)(F)F)cn1. The summed E-state index contributed by atoms with van der Waals surface area (Å²) in [5.41, 5.74) is 0.824. The molecule has 1 rings (SSSR count). The van der Waals surface area contributed by atoms with E-state index in [9.17, 15) is 13.2 Å². The number of aromatic nitrogens is 1. The molecule has 0 aliphatic carbocycles. The van der Waals surface area contributed by atoms with Gasteiger partial charge in [-0.3, -0.25) is 9.72 Å². The molecular weight excluding hydrogens is 273 g/mol. The van der Waals surface area contributed by atoms with Gasteiger partial charge in [0.15, 0.2) is 0 Å². The number of pyridine rings is 1. The summed E-state index contributed by atoms with van der Waals surface area (Å²) in [7, 11) is 0. The van der Waals surface area contributed by atoms with Gasteiger partial charge in [0.2, 0.25) is 0 Å². The van der Waals surface area contributed by atoms with Crippen LogP contribution in [-0.2, 0) is 11.3 Å². The van der Waals surface area contributed by atoms with Gasteiger partial charge in [0.25, 0.3) is 0 Å². The minimum atomic E-state index is -4.62. The zero-order valence-corrected chi connectivity index (χ0v) is 11.8. The lowest BCUT2D eigenvalue weighted by Gasteiger charge is -2.20. The predicted molar refractivity (Wildman–Crippen MR) is 68.3 cm³/mol. The molecule has 0 aliphatic rings. The number of nitrogens with zero attached hydrogens (tertiary/aromatic N) is 1. The Morgan fingerprint density at radius 1 is 1.15 bits per heavy atom. The second-order valence-electron chi connectivity index (χ2n) is 5.23. The van der Waals surface area contributed by atoms with Crippen LogP contribution in [-0.4, -0.2) is 30.1 Å². The number of rotatable bonds is 6. The van der Waals surface area contributed by atoms with E-state index in [0.717, 1.165) is 5.69 Å². The van der Waals surface area contributed by atoms with Gasteiger partial charge in [-0.1, -0.05) is 0 Å². The number of nitrogens with one attached hydrogen (secondary N) is 1. The van der Waals surface area contributed by atoms with E-state index in [4.69, 9.17) is 4.74 Å². The van der Waals surface area contributed by atoms with Crippen molar-refractivity contribution in [1.29, 1.82) is 0 Å². The fourth-order valence-electron chi connectivity index (χ4n) is 1.27. The van der Waals surface area contributed by atoms with Gasteiger partial charge in [-0.15, -0.1) is 13.2 Å². The van der Waals surface area contributed by atoms with Crippen LogP contribution in [0, 0.1) is 0 Å². The van der Waals surface area contributed by atoms with Gasteiger partial charge in [0.1, 0.15) is 12.4 Å². The Balaban J connectivity index is 2.32. The minimum Gasteiger partial charge on any atom is -0.490 e. The zero-order valence-electron chi connectivity index (χ0n) is 11.8. The van der Waals surface area contributed by atoms with Gasteiger partial charge < -0.3 is 10.1 Å². The van der Waals surface area contributed by atoms with Gasteiger partial charge in [0, 0.05) is 12.1 Å². The maximum atomic E-state index is 11.7. The lowest BCUT2D eigenvalue weighted by Crippen LogP contribution is -2.35. The summed E-state index contributed by atoms with van der Waals surface area (Å²) >= 11 is 0. The first-order chi connectivity index (χ1) is 9.16. The van der Waals surface area contributed by atoms with Crippen molar-refractivity contribution in [1.82, 2.24) is 10.3 Å². The van der Waals surface area contributed by atoms with Gasteiger partial charge in [-0.2, -0.15) is 0 Å². The van der Waals surface area contributed by atoms with E-state index in [1.807, 2.05) is 20.8 Å². The predicted octanol–water partition coefficient (Wildman–Crippen LogP) is 2.88. The third kappa shape index (κ3) is 7.96. The maximum Gasteiger partial charge on any atom is 0.522 e. The fraction of sp³-hybridized carbons (Fsp3) is 0.615. The van der Waals surface area contributed by atoms with Crippen molar-refractivity contribution in [2.24, 2.45) is 0 Å². The van der Waals surface area contributed by atoms with E-state index in [2.05, 4.69) is 15.0 Å². The Morgan fingerprint density at radius 3 is 2.35 bits per heavy atom. The molecule has 0 saturated heterocycles. The summed E-state index contributed by atoms with van der Waals surface area (Å²) in [6, 6.07) is 3.43. The van der Waals surface area contributed by atoms with Crippen LogP contribution in [0.25, 0.3) is 0 Å². The number of halogens is 3. The Morgan fingerprint density at radius 2 is 1.85 bits per heavy atom. The van der Waals surface area contributed by atoms with E-state index >= 15 is 0 Å². The third-order valence-electron chi connectivity index (χ3n) is 2.22. The molecule has 1 aromatic rings. The first kappa shape index (κ1) is 16.7. The van der Waals surface area contributed by atoms with Crippen LogP contribution in [0.4, 0.5) is 13.2 Å². The number of alkyl halides is 3. The van der Waals surface area contributed by atoms with Gasteiger partial charge in [0.05, 0.1) is 18.5 Å². The van der Waals surface area contributed by atoms with Gasteiger partial charge >= 0.3 is 6.36 Å². The molecule has 1 N–H and O–H groups in total. The van der Waals surface area contributed by atoms with Crippen molar-refractivity contribution in [2.45, 2.75) is 39.2 Å². The summed E-state index contributed by atoms with van der Waals surface area (Å²) in [5.74, 6) is 0.412. The van der Waals surface area contributed by atoms with Crippen molar-refractivity contribution >= 4 is 0 Å². The molecule has 0 radical (unpaired) electrons. The highest BCUT2D eigenvalue weighted by molar-refractivity contribution is 5.19. The van der Waals surface area contributed by atoms with Gasteiger partial charge in [-0.05, 0) is 32.9 Å². The first-order valence-electron chi connectivity index (χ1n) is 6.19. The van der Waals surface area contributed by atoms with Crippen LogP contribution < -0.4 is 10.1 Å². The summed E-state index contributed by atoms with van der Waals surface area (Å²) in [4.78, 5) is 4.16. The van der Waals surface area contributed by atoms with Crippen molar-refractivity contribution in [2.75, 3.05) is 13.2 Å². The standard InChI is InChI=1S/C13H19F3N2O2/c1-12(2,3)18-8-10-4-5-11(9-17-10)19-6-7-20-13(14,15)16/h4-5,9,18H,6-8H2,1-3H3. The highest BCUT2D eigenvalue weighted by atomic mass is 19.4. The minimum absolute atomic E-state index is 0.00815. The average Bonchev–Trinajstić information content (AvgIpc) is 2.31. The van der Waals surface area contributed by atoms with Crippen LogP contribution in [0.1, 0.15) is 26.5 Å². The summed E-state index contributed by atoms with van der Waals surface area (Å²) in [6.45, 7) is 6.03. The highest BCUT2D eigenvalue weighted by Crippen LogP contribution is 2.16. The molecule has 0 spiro atoms. The van der Waals surface area contributed by atoms with E-state index in [1.165, 1.54) is 6.20 Å². The molecule has 0 saturated carbocycles. The smallest absolute Gasteiger partial charge is 0.490 e. The molecule has 0 aromatic carbocycles. The second kappa shape index (κ2) is 6.90. The van der Waals surface area contributed by atoms with Crippen molar-refractivity contribution in [3.8, 4) is 5.75 Å². The highest BCUT2D eigenvalue weighted by Gasteiger charge is 2.28. The monoisotopic (exact) mass is 292 g/mol. The lowest BCUT2D eigenvalue weighted by atomic mass is 10.1. The lowest BCUT2D eigenvalue weighted by molar-refractivity contribution is -0.325. The molecule has 0 unspecified atom stereocenters. The average molecular weight is 292 g/mol. The fourth-order valence-corrected chi connectivity index (χ4v) is 1.27. The Hall–Kier alpha value is -1.34. The van der Waals surface area contributed by atoms with Crippen LogP contribution in [0.2, 0.25) is 0 Å². The molecule has 20 heavy (non-hydrogen) atoms. The molecule has 7 heteroatoms. The number of hydrogen-bond acceptors (Lipinski definition) is 4. The largest absolute Gasteiger partial charge is 0.522 e. The number of hydrogen-bond donors (Lipinski definition) is 1. The molecule has 0 bridgehead atoms. The molecule has 1 heterocycles. The second-order valence-corrected chi connectivity index (χ2v) is 5.23. The van der Waals surface area contributed by atoms with Crippen LogP contribution >= 0.6 is 0 Å². The van der Waals surface area contributed by atoms with Crippen LogP contribution in [0.5, 0.6) is 5.75 Å². The van der Waals surface area contributed by atoms with Gasteiger partial charge in [-0.25, -0.2) is 0 Å². The molecular formula is C13H19F3N2O2. The maximum absolute atomic E-state index is 11.7. The molecule has 0 atom stereocenters. The first-order valence-corrected chi connectivity index (χ1v) is 6.19. The van der Waals surface area contributed by atoms with Crippen molar-refractivity contribution in [3.63, 3.8) is 0 Å². The van der Waals surface area contributed by atoms with Crippen LogP contribution in [0.3, 0.4) is 0 Å². The normalized spacial score (nSPS) is 12.5. The summed E-state index contributed by atoms with van der Waals surface area (Å²) in [6.07, 6.45) is -3.14. The van der Waals surface area contributed by atoms with Crippen LogP contribution in [0.15, 0.2) is 18.3 Å². The molecule has 0 amide bonds. The van der Waals surface area contributed by atoms with Crippen molar-refractivity contribution in [3.05, 3.63) is 24.0 Å². The summed E-state index contributed by atoms with van der Waals surface area (Å²) < 4.78 is 43.8. The molecule has 114 valence electrons. The Labute approximate surface area is 116 Å². The van der Waals surface area contributed by atoms with E-state index in [-0.39, 0.29) is 12.1 Å². The summed E-state index contributed by atoms with van der Waals surface area (Å²) in [5, 5.41) is 3.28.